The van der Waals surface area contributed by atoms with Crippen LogP contribution >= 0.6 is 11.6 Å². The van der Waals surface area contributed by atoms with Crippen molar-refractivity contribution in [2.75, 3.05) is 11.9 Å². The molecule has 0 spiro atoms. The molecule has 2 aromatic carbocycles. The Hall–Kier alpha value is -2.93. The molecule has 1 fully saturated rings. The Morgan fingerprint density at radius 1 is 1.19 bits per heavy atom. The smallest absolute Gasteiger partial charge is 0.325 e. The second-order valence-electron chi connectivity index (χ2n) is 5.79. The predicted molar refractivity (Wildman–Crippen MR) is 94.2 cm³/mol. The minimum atomic E-state index is -0.716. The highest BCUT2D eigenvalue weighted by Crippen LogP contribution is 2.22. The summed E-state index contributed by atoms with van der Waals surface area (Å²) in [5.74, 6) is -1.62. The lowest BCUT2D eigenvalue weighted by atomic mass is 10.1. The van der Waals surface area contributed by atoms with Gasteiger partial charge < -0.3 is 10.6 Å². The van der Waals surface area contributed by atoms with Crippen LogP contribution in [0.5, 0.6) is 0 Å². The van der Waals surface area contributed by atoms with E-state index in [-0.39, 0.29) is 10.7 Å². The maximum Gasteiger partial charge on any atom is 0.325 e. The van der Waals surface area contributed by atoms with E-state index in [0.717, 1.165) is 22.6 Å². The van der Waals surface area contributed by atoms with Gasteiger partial charge in [-0.3, -0.25) is 14.5 Å². The van der Waals surface area contributed by atoms with Crippen LogP contribution in [-0.4, -0.2) is 35.3 Å². The standard InChI is InChI=1S/C18H15ClFN3O3/c19-13-9-12(20)6-7-14(13)21-16(24)10-23-17(25)15(22-18(23)26)8-11-4-2-1-3-5-11/h1-7,9,15H,8,10H2,(H,21,24)(H,22,26). The Morgan fingerprint density at radius 2 is 1.92 bits per heavy atom. The summed E-state index contributed by atoms with van der Waals surface area (Å²) < 4.78 is 13.0. The van der Waals surface area contributed by atoms with Gasteiger partial charge in [0.25, 0.3) is 5.91 Å². The van der Waals surface area contributed by atoms with Gasteiger partial charge in [-0.05, 0) is 23.8 Å². The molecular formula is C18H15ClFN3O3. The zero-order chi connectivity index (χ0) is 18.7. The SMILES string of the molecule is O=C(CN1C(=O)NC(Cc2ccccc2)C1=O)Nc1ccc(F)cc1Cl. The van der Waals surface area contributed by atoms with Crippen molar-refractivity contribution in [2.45, 2.75) is 12.5 Å². The molecule has 1 aliphatic heterocycles. The van der Waals surface area contributed by atoms with Gasteiger partial charge in [0, 0.05) is 6.42 Å². The van der Waals surface area contributed by atoms with E-state index in [1.165, 1.54) is 6.07 Å². The number of urea groups is 1. The monoisotopic (exact) mass is 375 g/mol. The molecule has 0 aromatic heterocycles. The van der Waals surface area contributed by atoms with Gasteiger partial charge in [0.15, 0.2) is 0 Å². The van der Waals surface area contributed by atoms with Gasteiger partial charge in [0.2, 0.25) is 5.91 Å². The molecule has 134 valence electrons. The average molecular weight is 376 g/mol. The van der Waals surface area contributed by atoms with E-state index in [2.05, 4.69) is 10.6 Å². The van der Waals surface area contributed by atoms with E-state index in [9.17, 15) is 18.8 Å². The maximum atomic E-state index is 13.0. The minimum Gasteiger partial charge on any atom is -0.325 e. The van der Waals surface area contributed by atoms with Gasteiger partial charge in [0.05, 0.1) is 10.7 Å². The number of rotatable bonds is 5. The number of carbonyl (C=O) groups is 3. The molecule has 1 saturated heterocycles. The van der Waals surface area contributed by atoms with E-state index in [1.54, 1.807) is 0 Å². The zero-order valence-electron chi connectivity index (χ0n) is 13.5. The zero-order valence-corrected chi connectivity index (χ0v) is 14.3. The Labute approximate surface area is 153 Å². The van der Waals surface area contributed by atoms with Crippen molar-refractivity contribution >= 4 is 35.1 Å². The fourth-order valence-electron chi connectivity index (χ4n) is 2.64. The van der Waals surface area contributed by atoms with Crippen molar-refractivity contribution < 1.29 is 18.8 Å². The van der Waals surface area contributed by atoms with Crippen molar-refractivity contribution in [1.29, 1.82) is 0 Å². The van der Waals surface area contributed by atoms with Crippen molar-refractivity contribution in [2.24, 2.45) is 0 Å². The third kappa shape index (κ3) is 4.00. The van der Waals surface area contributed by atoms with E-state index < -0.39 is 36.2 Å². The normalized spacial score (nSPS) is 16.5. The summed E-state index contributed by atoms with van der Waals surface area (Å²) in [6.07, 6.45) is 0.341. The number of halogens is 2. The molecule has 4 amide bonds. The Morgan fingerprint density at radius 3 is 2.62 bits per heavy atom. The molecular weight excluding hydrogens is 361 g/mol. The quantitative estimate of drug-likeness (QED) is 0.788. The number of benzene rings is 2. The first-order valence-corrected chi connectivity index (χ1v) is 8.22. The van der Waals surface area contributed by atoms with Crippen LogP contribution in [-0.2, 0) is 16.0 Å². The summed E-state index contributed by atoms with van der Waals surface area (Å²) in [5, 5.41) is 5.06. The van der Waals surface area contributed by atoms with Crippen LogP contribution in [0.15, 0.2) is 48.5 Å². The van der Waals surface area contributed by atoms with Crippen molar-refractivity contribution in [3.05, 3.63) is 64.9 Å². The highest BCUT2D eigenvalue weighted by Gasteiger charge is 2.38. The number of hydrogen-bond donors (Lipinski definition) is 2. The van der Waals surface area contributed by atoms with Crippen LogP contribution in [0.1, 0.15) is 5.56 Å². The Bertz CT molecular complexity index is 860. The minimum absolute atomic E-state index is 0.0255. The highest BCUT2D eigenvalue weighted by molar-refractivity contribution is 6.33. The summed E-state index contributed by atoms with van der Waals surface area (Å²) >= 11 is 5.85. The summed E-state index contributed by atoms with van der Waals surface area (Å²) in [6, 6.07) is 11.4. The van der Waals surface area contributed by atoms with Crippen molar-refractivity contribution in [1.82, 2.24) is 10.2 Å². The van der Waals surface area contributed by atoms with E-state index in [1.807, 2.05) is 30.3 Å². The highest BCUT2D eigenvalue weighted by atomic mass is 35.5. The molecule has 1 unspecified atom stereocenters. The molecule has 1 aliphatic rings. The Kier molecular flexibility index (Phi) is 5.18. The van der Waals surface area contributed by atoms with Crippen LogP contribution in [0.3, 0.4) is 0 Å². The van der Waals surface area contributed by atoms with Crippen molar-refractivity contribution in [3.63, 3.8) is 0 Å². The van der Waals surface area contributed by atoms with E-state index in [4.69, 9.17) is 11.6 Å². The molecule has 2 N–H and O–H groups in total. The third-order valence-electron chi connectivity index (χ3n) is 3.90. The lowest BCUT2D eigenvalue weighted by Gasteiger charge is -2.13. The van der Waals surface area contributed by atoms with Crippen LogP contribution < -0.4 is 10.6 Å². The summed E-state index contributed by atoms with van der Waals surface area (Å²) in [5.41, 5.74) is 1.10. The predicted octanol–water partition coefficient (Wildman–Crippen LogP) is 2.58. The number of nitrogens with one attached hydrogen (secondary N) is 2. The second kappa shape index (κ2) is 7.53. The molecule has 0 radical (unpaired) electrons. The summed E-state index contributed by atoms with van der Waals surface area (Å²) in [7, 11) is 0. The first kappa shape index (κ1) is 17.9. The molecule has 2 aromatic rings. The topological polar surface area (TPSA) is 78.5 Å². The first-order valence-electron chi connectivity index (χ1n) is 7.85. The van der Waals surface area contributed by atoms with Gasteiger partial charge in [-0.2, -0.15) is 0 Å². The lowest BCUT2D eigenvalue weighted by Crippen LogP contribution is -2.38. The number of amides is 4. The van der Waals surface area contributed by atoms with Crippen molar-refractivity contribution in [3.8, 4) is 0 Å². The van der Waals surface area contributed by atoms with Gasteiger partial charge in [0.1, 0.15) is 18.4 Å². The average Bonchev–Trinajstić information content (AvgIpc) is 2.86. The maximum absolute atomic E-state index is 13.0. The van der Waals surface area contributed by atoms with Crippen LogP contribution in [0, 0.1) is 5.82 Å². The van der Waals surface area contributed by atoms with E-state index >= 15 is 0 Å². The van der Waals surface area contributed by atoms with Gasteiger partial charge >= 0.3 is 6.03 Å². The fourth-order valence-corrected chi connectivity index (χ4v) is 2.85. The molecule has 1 atom stereocenters. The van der Waals surface area contributed by atoms with Gasteiger partial charge in [-0.1, -0.05) is 41.9 Å². The largest absolute Gasteiger partial charge is 0.325 e. The summed E-state index contributed by atoms with van der Waals surface area (Å²) in [6.45, 7) is -0.455. The molecule has 1 heterocycles. The molecule has 6 nitrogen and oxygen atoms in total. The number of carbonyl (C=O) groups excluding carboxylic acids is 3. The molecule has 8 heteroatoms. The second-order valence-corrected chi connectivity index (χ2v) is 6.20. The number of imide groups is 1. The molecule has 26 heavy (non-hydrogen) atoms. The third-order valence-corrected chi connectivity index (χ3v) is 4.21. The molecule has 0 bridgehead atoms. The van der Waals surface area contributed by atoms with Crippen LogP contribution in [0.4, 0.5) is 14.9 Å². The van der Waals surface area contributed by atoms with Crippen LogP contribution in [0.2, 0.25) is 5.02 Å². The summed E-state index contributed by atoms with van der Waals surface area (Å²) in [4.78, 5) is 37.4. The first-order chi connectivity index (χ1) is 12.4. The number of nitrogens with zero attached hydrogens (tertiary/aromatic N) is 1. The number of anilines is 1. The fraction of sp³-hybridized carbons (Fsp3) is 0.167. The van der Waals surface area contributed by atoms with E-state index in [0.29, 0.717) is 6.42 Å². The molecule has 3 rings (SSSR count). The number of hydrogen-bond acceptors (Lipinski definition) is 3. The van der Waals surface area contributed by atoms with Crippen LogP contribution in [0.25, 0.3) is 0 Å². The Balaban J connectivity index is 1.63. The lowest BCUT2D eigenvalue weighted by molar-refractivity contribution is -0.130. The molecule has 0 aliphatic carbocycles. The van der Waals surface area contributed by atoms with Gasteiger partial charge in [-0.25, -0.2) is 9.18 Å². The van der Waals surface area contributed by atoms with Gasteiger partial charge in [-0.15, -0.1) is 0 Å². The molecule has 0 saturated carbocycles.